The lowest BCUT2D eigenvalue weighted by molar-refractivity contribution is 0.102. The third-order valence-electron chi connectivity index (χ3n) is 3.57. The van der Waals surface area contributed by atoms with Crippen molar-refractivity contribution in [3.8, 4) is 22.8 Å². The summed E-state index contributed by atoms with van der Waals surface area (Å²) in [5.74, 6) is 0.626. The van der Waals surface area contributed by atoms with Crippen molar-refractivity contribution in [1.29, 1.82) is 0 Å². The lowest BCUT2D eigenvalue weighted by Crippen LogP contribution is -2.12. The molecule has 0 aliphatic heterocycles. The Kier molecular flexibility index (Phi) is 4.65. The minimum atomic E-state index is -0.366. The number of amides is 1. The second kappa shape index (κ2) is 7.04. The molecule has 0 radical (unpaired) electrons. The number of methoxy groups -OCH3 is 2. The van der Waals surface area contributed by atoms with Gasteiger partial charge in [0.05, 0.1) is 19.9 Å². The number of aromatic amines is 1. The minimum Gasteiger partial charge on any atom is -0.497 e. The van der Waals surface area contributed by atoms with Gasteiger partial charge in [-0.1, -0.05) is 12.1 Å². The van der Waals surface area contributed by atoms with Gasteiger partial charge in [0.1, 0.15) is 17.3 Å². The number of benzene rings is 2. The molecular formula is C18H16FN3O3. The fourth-order valence-corrected chi connectivity index (χ4v) is 2.32. The van der Waals surface area contributed by atoms with Crippen LogP contribution < -0.4 is 14.8 Å². The molecule has 2 aromatic carbocycles. The number of hydrogen-bond donors (Lipinski definition) is 2. The van der Waals surface area contributed by atoms with Crippen molar-refractivity contribution in [3.63, 3.8) is 0 Å². The molecule has 0 aliphatic rings. The van der Waals surface area contributed by atoms with Crippen molar-refractivity contribution >= 4 is 11.7 Å². The van der Waals surface area contributed by atoms with Crippen molar-refractivity contribution < 1.29 is 18.7 Å². The average Bonchev–Trinajstić information content (AvgIpc) is 3.09. The molecule has 3 rings (SSSR count). The van der Waals surface area contributed by atoms with Crippen LogP contribution in [0.3, 0.4) is 0 Å². The Bertz CT molecular complexity index is 886. The molecule has 0 aliphatic carbocycles. The Labute approximate surface area is 143 Å². The standard InChI is InChI=1S/C18H16FN3O3/c1-24-14-7-12(8-15(9-14)25-2)18(23)20-17-10-16(21-22-17)11-4-3-5-13(19)6-11/h3-10H,1-2H3,(H2,20,21,22,23). The van der Waals surface area contributed by atoms with Crippen LogP contribution in [0.25, 0.3) is 11.3 Å². The zero-order valence-corrected chi connectivity index (χ0v) is 13.7. The molecule has 128 valence electrons. The minimum absolute atomic E-state index is 0.325. The number of anilines is 1. The van der Waals surface area contributed by atoms with E-state index in [0.29, 0.717) is 34.1 Å². The van der Waals surface area contributed by atoms with Gasteiger partial charge in [-0.3, -0.25) is 9.89 Å². The third kappa shape index (κ3) is 3.77. The maximum atomic E-state index is 13.3. The van der Waals surface area contributed by atoms with Crippen molar-refractivity contribution in [1.82, 2.24) is 10.2 Å². The summed E-state index contributed by atoms with van der Waals surface area (Å²) in [4.78, 5) is 12.4. The summed E-state index contributed by atoms with van der Waals surface area (Å²) in [6, 6.07) is 12.6. The van der Waals surface area contributed by atoms with Gasteiger partial charge >= 0.3 is 0 Å². The predicted octanol–water partition coefficient (Wildman–Crippen LogP) is 3.49. The summed E-state index contributed by atoms with van der Waals surface area (Å²) in [7, 11) is 3.02. The molecule has 1 amide bonds. The Balaban J connectivity index is 1.80. The van der Waals surface area contributed by atoms with Crippen LogP contribution in [0.2, 0.25) is 0 Å². The number of carbonyl (C=O) groups is 1. The first-order valence-corrected chi connectivity index (χ1v) is 7.45. The molecule has 25 heavy (non-hydrogen) atoms. The number of nitrogens with one attached hydrogen (secondary N) is 2. The Morgan fingerprint density at radius 3 is 2.44 bits per heavy atom. The highest BCUT2D eigenvalue weighted by Crippen LogP contribution is 2.24. The molecule has 2 N–H and O–H groups in total. The van der Waals surface area contributed by atoms with Gasteiger partial charge in [0.2, 0.25) is 0 Å². The highest BCUT2D eigenvalue weighted by Gasteiger charge is 2.12. The number of hydrogen-bond acceptors (Lipinski definition) is 4. The quantitative estimate of drug-likeness (QED) is 0.745. The number of carbonyl (C=O) groups excluding carboxylic acids is 1. The van der Waals surface area contributed by atoms with E-state index in [1.54, 1.807) is 36.4 Å². The summed E-state index contributed by atoms with van der Waals surface area (Å²) < 4.78 is 23.6. The van der Waals surface area contributed by atoms with Crippen LogP contribution in [0.15, 0.2) is 48.5 Å². The van der Waals surface area contributed by atoms with Gasteiger partial charge in [-0.15, -0.1) is 0 Å². The van der Waals surface area contributed by atoms with Crippen LogP contribution in [0.1, 0.15) is 10.4 Å². The molecule has 0 saturated carbocycles. The highest BCUT2D eigenvalue weighted by molar-refractivity contribution is 6.04. The molecule has 1 aromatic heterocycles. The maximum Gasteiger partial charge on any atom is 0.257 e. The monoisotopic (exact) mass is 341 g/mol. The largest absolute Gasteiger partial charge is 0.497 e. The topological polar surface area (TPSA) is 76.2 Å². The SMILES string of the molecule is COc1cc(OC)cc(C(=O)Nc2cc(-c3cccc(F)c3)[nH]n2)c1. The fourth-order valence-electron chi connectivity index (χ4n) is 2.32. The van der Waals surface area contributed by atoms with Gasteiger partial charge in [0, 0.05) is 23.3 Å². The van der Waals surface area contributed by atoms with Gasteiger partial charge in [0.15, 0.2) is 5.82 Å². The third-order valence-corrected chi connectivity index (χ3v) is 3.57. The fraction of sp³-hybridized carbons (Fsp3) is 0.111. The number of halogens is 1. The van der Waals surface area contributed by atoms with Crippen LogP contribution in [-0.4, -0.2) is 30.3 Å². The molecule has 3 aromatic rings. The van der Waals surface area contributed by atoms with Crippen LogP contribution in [0, 0.1) is 5.82 Å². The van der Waals surface area contributed by atoms with Crippen LogP contribution in [0.4, 0.5) is 10.2 Å². The second-order valence-electron chi connectivity index (χ2n) is 5.23. The first-order valence-electron chi connectivity index (χ1n) is 7.45. The molecule has 0 spiro atoms. The lowest BCUT2D eigenvalue weighted by Gasteiger charge is -2.08. The molecule has 7 heteroatoms. The van der Waals surface area contributed by atoms with Gasteiger partial charge in [-0.25, -0.2) is 4.39 Å². The molecule has 1 heterocycles. The van der Waals surface area contributed by atoms with Crippen molar-refractivity contribution in [2.24, 2.45) is 0 Å². The maximum absolute atomic E-state index is 13.3. The summed E-state index contributed by atoms with van der Waals surface area (Å²) in [5.41, 5.74) is 1.60. The Morgan fingerprint density at radius 2 is 1.80 bits per heavy atom. The van der Waals surface area contributed by atoms with E-state index in [4.69, 9.17) is 9.47 Å². The predicted molar refractivity (Wildman–Crippen MR) is 91.5 cm³/mol. The molecule has 0 fully saturated rings. The van der Waals surface area contributed by atoms with Gasteiger partial charge < -0.3 is 14.8 Å². The normalized spacial score (nSPS) is 10.4. The Morgan fingerprint density at radius 1 is 1.08 bits per heavy atom. The van der Waals surface area contributed by atoms with E-state index in [9.17, 15) is 9.18 Å². The number of nitrogens with zero attached hydrogens (tertiary/aromatic N) is 1. The van der Waals surface area contributed by atoms with Crippen LogP contribution in [0.5, 0.6) is 11.5 Å². The first kappa shape index (κ1) is 16.5. The molecule has 0 saturated heterocycles. The number of H-pyrrole nitrogens is 1. The molecule has 6 nitrogen and oxygen atoms in total. The zero-order chi connectivity index (χ0) is 17.8. The molecular weight excluding hydrogens is 325 g/mol. The van der Waals surface area contributed by atoms with Crippen LogP contribution >= 0.6 is 0 Å². The second-order valence-corrected chi connectivity index (χ2v) is 5.23. The number of aromatic nitrogens is 2. The molecule has 0 atom stereocenters. The van der Waals surface area contributed by atoms with Crippen molar-refractivity contribution in [2.75, 3.05) is 19.5 Å². The summed E-state index contributed by atoms with van der Waals surface area (Å²) in [5, 5.41) is 9.48. The molecule has 0 bridgehead atoms. The summed E-state index contributed by atoms with van der Waals surface area (Å²) >= 11 is 0. The molecule has 0 unspecified atom stereocenters. The van der Waals surface area contributed by atoms with Crippen molar-refractivity contribution in [2.45, 2.75) is 0 Å². The van der Waals surface area contributed by atoms with E-state index in [1.807, 2.05) is 0 Å². The van der Waals surface area contributed by atoms with E-state index < -0.39 is 0 Å². The van der Waals surface area contributed by atoms with E-state index in [0.717, 1.165) is 0 Å². The van der Waals surface area contributed by atoms with Gasteiger partial charge in [0.25, 0.3) is 5.91 Å². The lowest BCUT2D eigenvalue weighted by atomic mass is 10.1. The van der Waals surface area contributed by atoms with E-state index in [-0.39, 0.29) is 11.7 Å². The highest BCUT2D eigenvalue weighted by atomic mass is 19.1. The number of rotatable bonds is 5. The van der Waals surface area contributed by atoms with E-state index in [1.165, 1.54) is 26.4 Å². The van der Waals surface area contributed by atoms with Gasteiger partial charge in [-0.2, -0.15) is 5.10 Å². The zero-order valence-electron chi connectivity index (χ0n) is 13.7. The number of ether oxygens (including phenoxy) is 2. The first-order chi connectivity index (χ1) is 12.1. The van der Waals surface area contributed by atoms with Gasteiger partial charge in [-0.05, 0) is 24.3 Å². The summed E-state index contributed by atoms with van der Waals surface area (Å²) in [6.07, 6.45) is 0. The smallest absolute Gasteiger partial charge is 0.257 e. The Hall–Kier alpha value is -3.35. The summed E-state index contributed by atoms with van der Waals surface area (Å²) in [6.45, 7) is 0. The van der Waals surface area contributed by atoms with E-state index >= 15 is 0 Å². The average molecular weight is 341 g/mol. The van der Waals surface area contributed by atoms with Crippen molar-refractivity contribution in [3.05, 3.63) is 59.9 Å². The van der Waals surface area contributed by atoms with Crippen LogP contribution in [-0.2, 0) is 0 Å². The van der Waals surface area contributed by atoms with E-state index in [2.05, 4.69) is 15.5 Å².